The first-order valence-electron chi connectivity index (χ1n) is 8.21. The third-order valence-electron chi connectivity index (χ3n) is 3.92. The van der Waals surface area contributed by atoms with E-state index in [1.165, 1.54) is 0 Å². The number of para-hydroxylation sites is 1. The summed E-state index contributed by atoms with van der Waals surface area (Å²) in [4.78, 5) is 13.6. The molecular weight excluding hydrogens is 344 g/mol. The standard InChI is InChI=1S/C21H16N2O2S/c24-21(25-15-16-8-3-1-4-9-16)18-14-23(17-10-5-2-6-11-17)22-20(18)19-12-7-13-26-19/h1-14H,15H2. The van der Waals surface area contributed by atoms with Gasteiger partial charge in [-0.2, -0.15) is 5.10 Å². The Balaban J connectivity index is 1.65. The Morgan fingerprint density at radius 2 is 1.69 bits per heavy atom. The van der Waals surface area contributed by atoms with Crippen LogP contribution in [0.2, 0.25) is 0 Å². The van der Waals surface area contributed by atoms with Crippen molar-refractivity contribution in [1.82, 2.24) is 9.78 Å². The molecule has 2 aromatic carbocycles. The molecule has 0 bridgehead atoms. The molecule has 0 N–H and O–H groups in total. The summed E-state index contributed by atoms with van der Waals surface area (Å²) >= 11 is 1.55. The minimum absolute atomic E-state index is 0.236. The summed E-state index contributed by atoms with van der Waals surface area (Å²) in [7, 11) is 0. The molecule has 0 aliphatic rings. The van der Waals surface area contributed by atoms with Crippen molar-refractivity contribution in [2.75, 3.05) is 0 Å². The average Bonchev–Trinajstić information content (AvgIpc) is 3.37. The van der Waals surface area contributed by atoms with Crippen molar-refractivity contribution in [2.45, 2.75) is 6.61 Å². The van der Waals surface area contributed by atoms with Gasteiger partial charge < -0.3 is 4.74 Å². The lowest BCUT2D eigenvalue weighted by Crippen LogP contribution is -2.05. The van der Waals surface area contributed by atoms with Gasteiger partial charge in [-0.1, -0.05) is 54.6 Å². The van der Waals surface area contributed by atoms with Gasteiger partial charge in [-0.05, 0) is 29.1 Å². The monoisotopic (exact) mass is 360 g/mol. The van der Waals surface area contributed by atoms with E-state index in [1.54, 1.807) is 22.2 Å². The number of esters is 1. The topological polar surface area (TPSA) is 44.1 Å². The van der Waals surface area contributed by atoms with Crippen LogP contribution in [-0.4, -0.2) is 15.7 Å². The second-order valence-corrected chi connectivity index (χ2v) is 6.66. The molecule has 0 fully saturated rings. The first kappa shape index (κ1) is 16.3. The molecule has 2 aromatic heterocycles. The zero-order chi connectivity index (χ0) is 17.8. The molecule has 0 spiro atoms. The molecule has 4 nitrogen and oxygen atoms in total. The van der Waals surface area contributed by atoms with Gasteiger partial charge in [-0.3, -0.25) is 0 Å². The van der Waals surface area contributed by atoms with E-state index in [1.807, 2.05) is 78.2 Å². The van der Waals surface area contributed by atoms with Crippen LogP contribution in [-0.2, 0) is 11.3 Å². The number of thiophene rings is 1. The van der Waals surface area contributed by atoms with Crippen molar-refractivity contribution in [3.63, 3.8) is 0 Å². The highest BCUT2D eigenvalue weighted by molar-refractivity contribution is 7.13. The van der Waals surface area contributed by atoms with Crippen LogP contribution in [0.5, 0.6) is 0 Å². The summed E-state index contributed by atoms with van der Waals surface area (Å²) in [5, 5.41) is 6.59. The highest BCUT2D eigenvalue weighted by Crippen LogP contribution is 2.28. The molecule has 4 rings (SSSR count). The molecule has 2 heterocycles. The fraction of sp³-hybridized carbons (Fsp3) is 0.0476. The lowest BCUT2D eigenvalue weighted by molar-refractivity contribution is 0.0473. The van der Waals surface area contributed by atoms with E-state index < -0.39 is 0 Å². The quantitative estimate of drug-likeness (QED) is 0.473. The maximum Gasteiger partial charge on any atom is 0.342 e. The number of carbonyl (C=O) groups excluding carboxylic acids is 1. The molecule has 4 aromatic rings. The molecule has 0 unspecified atom stereocenters. The van der Waals surface area contributed by atoms with E-state index in [4.69, 9.17) is 4.74 Å². The number of carbonyl (C=O) groups is 1. The molecule has 0 amide bonds. The summed E-state index contributed by atoms with van der Waals surface area (Å²) in [6, 6.07) is 23.3. The van der Waals surface area contributed by atoms with Gasteiger partial charge in [0, 0.05) is 6.20 Å². The molecule has 128 valence electrons. The smallest absolute Gasteiger partial charge is 0.342 e. The fourth-order valence-corrected chi connectivity index (χ4v) is 3.36. The Hall–Kier alpha value is -3.18. The van der Waals surface area contributed by atoms with Crippen molar-refractivity contribution < 1.29 is 9.53 Å². The molecule has 0 aliphatic carbocycles. The van der Waals surface area contributed by atoms with Crippen molar-refractivity contribution in [3.05, 3.63) is 95.5 Å². The second-order valence-electron chi connectivity index (χ2n) is 5.71. The molecule has 26 heavy (non-hydrogen) atoms. The van der Waals surface area contributed by atoms with E-state index in [-0.39, 0.29) is 12.6 Å². The summed E-state index contributed by atoms with van der Waals surface area (Å²) in [5.74, 6) is -0.376. The predicted octanol–water partition coefficient (Wildman–Crippen LogP) is 4.96. The van der Waals surface area contributed by atoms with Crippen molar-refractivity contribution in [3.8, 4) is 16.3 Å². The van der Waals surface area contributed by atoms with E-state index in [0.717, 1.165) is 16.1 Å². The van der Waals surface area contributed by atoms with Crippen LogP contribution in [0.15, 0.2) is 84.4 Å². The maximum atomic E-state index is 12.7. The van der Waals surface area contributed by atoms with Crippen LogP contribution in [0.4, 0.5) is 0 Å². The van der Waals surface area contributed by atoms with E-state index >= 15 is 0 Å². The van der Waals surface area contributed by atoms with Gasteiger partial charge in [-0.15, -0.1) is 11.3 Å². The number of ether oxygens (including phenoxy) is 1. The normalized spacial score (nSPS) is 10.6. The van der Waals surface area contributed by atoms with E-state index in [2.05, 4.69) is 5.10 Å². The summed E-state index contributed by atoms with van der Waals surface area (Å²) in [5.41, 5.74) is 2.95. The minimum atomic E-state index is -0.376. The number of hydrogen-bond acceptors (Lipinski definition) is 4. The van der Waals surface area contributed by atoms with Crippen LogP contribution in [0.3, 0.4) is 0 Å². The Morgan fingerprint density at radius 3 is 2.38 bits per heavy atom. The summed E-state index contributed by atoms with van der Waals surface area (Å²) < 4.78 is 7.23. The Bertz CT molecular complexity index is 993. The van der Waals surface area contributed by atoms with Crippen LogP contribution in [0.25, 0.3) is 16.3 Å². The summed E-state index contributed by atoms with van der Waals surface area (Å²) in [6.07, 6.45) is 1.73. The van der Waals surface area contributed by atoms with Crippen LogP contribution in [0, 0.1) is 0 Å². The van der Waals surface area contributed by atoms with Gasteiger partial charge in [0.25, 0.3) is 0 Å². The first-order chi connectivity index (χ1) is 12.8. The molecule has 0 saturated heterocycles. The lowest BCUT2D eigenvalue weighted by atomic mass is 10.2. The van der Waals surface area contributed by atoms with E-state index in [0.29, 0.717) is 11.3 Å². The Kier molecular flexibility index (Phi) is 4.62. The van der Waals surface area contributed by atoms with Crippen LogP contribution in [0.1, 0.15) is 15.9 Å². The third-order valence-corrected chi connectivity index (χ3v) is 4.80. The van der Waals surface area contributed by atoms with Crippen molar-refractivity contribution in [2.24, 2.45) is 0 Å². The Labute approximate surface area is 155 Å². The molecule has 0 aliphatic heterocycles. The van der Waals surface area contributed by atoms with E-state index in [9.17, 15) is 4.79 Å². The number of nitrogens with zero attached hydrogens (tertiary/aromatic N) is 2. The van der Waals surface area contributed by atoms with Gasteiger partial charge in [0.2, 0.25) is 0 Å². The highest BCUT2D eigenvalue weighted by Gasteiger charge is 2.20. The maximum absolute atomic E-state index is 12.7. The van der Waals surface area contributed by atoms with Gasteiger partial charge in [0.1, 0.15) is 17.9 Å². The average molecular weight is 360 g/mol. The fourth-order valence-electron chi connectivity index (χ4n) is 2.63. The van der Waals surface area contributed by atoms with Crippen LogP contribution >= 0.6 is 11.3 Å². The molecule has 0 atom stereocenters. The number of rotatable bonds is 5. The zero-order valence-corrected chi connectivity index (χ0v) is 14.7. The first-order valence-corrected chi connectivity index (χ1v) is 9.09. The number of aromatic nitrogens is 2. The van der Waals surface area contributed by atoms with Gasteiger partial charge in [-0.25, -0.2) is 9.48 Å². The summed E-state index contributed by atoms with van der Waals surface area (Å²) in [6.45, 7) is 0.236. The van der Waals surface area contributed by atoms with Gasteiger partial charge >= 0.3 is 5.97 Å². The predicted molar refractivity (Wildman–Crippen MR) is 102 cm³/mol. The van der Waals surface area contributed by atoms with Crippen molar-refractivity contribution >= 4 is 17.3 Å². The lowest BCUT2D eigenvalue weighted by Gasteiger charge is -2.04. The van der Waals surface area contributed by atoms with Gasteiger partial charge in [0.05, 0.1) is 10.6 Å². The van der Waals surface area contributed by atoms with Crippen LogP contribution < -0.4 is 0 Å². The molecule has 5 heteroatoms. The SMILES string of the molecule is O=C(OCc1ccccc1)c1cn(-c2ccccc2)nc1-c1cccs1. The molecule has 0 saturated carbocycles. The highest BCUT2D eigenvalue weighted by atomic mass is 32.1. The van der Waals surface area contributed by atoms with Crippen molar-refractivity contribution in [1.29, 1.82) is 0 Å². The number of hydrogen-bond donors (Lipinski definition) is 0. The molecule has 0 radical (unpaired) electrons. The second kappa shape index (κ2) is 7.37. The zero-order valence-electron chi connectivity index (χ0n) is 13.9. The Morgan fingerprint density at radius 1 is 0.962 bits per heavy atom. The minimum Gasteiger partial charge on any atom is -0.457 e. The molecular formula is C21H16N2O2S. The third kappa shape index (κ3) is 3.43. The van der Waals surface area contributed by atoms with Gasteiger partial charge in [0.15, 0.2) is 0 Å². The number of benzene rings is 2. The largest absolute Gasteiger partial charge is 0.457 e.